The summed E-state index contributed by atoms with van der Waals surface area (Å²) in [4.78, 5) is 29.0. The lowest BCUT2D eigenvalue weighted by molar-refractivity contribution is -0.116. The Labute approximate surface area is 183 Å². The van der Waals surface area contributed by atoms with Gasteiger partial charge in [-0.25, -0.2) is 4.98 Å². The summed E-state index contributed by atoms with van der Waals surface area (Å²) in [5.41, 5.74) is 3.91. The smallest absolute Gasteiger partial charge is 0.239 e. The predicted octanol–water partition coefficient (Wildman–Crippen LogP) is 3.50. The summed E-state index contributed by atoms with van der Waals surface area (Å²) in [6.07, 6.45) is 0.0932. The van der Waals surface area contributed by atoms with Crippen molar-refractivity contribution in [1.82, 2.24) is 19.7 Å². The summed E-state index contributed by atoms with van der Waals surface area (Å²) < 4.78 is 1.74. The third-order valence-corrected chi connectivity index (χ3v) is 6.54. The molecular formula is C20H24N6O2S2. The molecule has 0 aliphatic rings. The van der Waals surface area contributed by atoms with Crippen molar-refractivity contribution in [2.75, 3.05) is 10.6 Å². The first kappa shape index (κ1) is 22.0. The van der Waals surface area contributed by atoms with Crippen LogP contribution in [0.15, 0.2) is 28.7 Å². The molecule has 2 N–H and O–H groups in total. The summed E-state index contributed by atoms with van der Waals surface area (Å²) in [5.74, 6) is 0.198. The van der Waals surface area contributed by atoms with Crippen LogP contribution in [0.2, 0.25) is 0 Å². The van der Waals surface area contributed by atoms with Crippen molar-refractivity contribution in [3.63, 3.8) is 0 Å². The molecule has 0 fully saturated rings. The first-order valence-corrected chi connectivity index (χ1v) is 11.1. The highest BCUT2D eigenvalue weighted by Crippen LogP contribution is 2.24. The first-order valence-electron chi connectivity index (χ1n) is 9.38. The Bertz CT molecular complexity index is 1080. The maximum Gasteiger partial charge on any atom is 0.239 e. The number of nitrogens with one attached hydrogen (secondary N) is 2. The number of nitrogens with zero attached hydrogens (tertiary/aromatic N) is 4. The van der Waals surface area contributed by atoms with Crippen LogP contribution >= 0.6 is 23.1 Å². The minimum Gasteiger partial charge on any atom is -0.326 e. The van der Waals surface area contributed by atoms with Crippen LogP contribution < -0.4 is 10.6 Å². The molecule has 8 nitrogen and oxygen atoms in total. The van der Waals surface area contributed by atoms with Gasteiger partial charge in [0.1, 0.15) is 5.82 Å². The number of amides is 2. The second-order valence-electron chi connectivity index (χ2n) is 7.03. The fraction of sp³-hybridized carbons (Fsp3) is 0.350. The van der Waals surface area contributed by atoms with Crippen LogP contribution in [0.25, 0.3) is 0 Å². The Morgan fingerprint density at radius 1 is 1.17 bits per heavy atom. The van der Waals surface area contributed by atoms with Crippen LogP contribution in [0.1, 0.15) is 29.6 Å². The highest BCUT2D eigenvalue weighted by atomic mass is 32.2. The van der Waals surface area contributed by atoms with Crippen molar-refractivity contribution >= 4 is 45.7 Å². The van der Waals surface area contributed by atoms with E-state index in [9.17, 15) is 9.59 Å². The van der Waals surface area contributed by atoms with E-state index in [2.05, 4.69) is 25.8 Å². The minimum absolute atomic E-state index is 0.0932. The van der Waals surface area contributed by atoms with E-state index in [4.69, 9.17) is 0 Å². The van der Waals surface area contributed by atoms with Gasteiger partial charge in [0.2, 0.25) is 11.8 Å². The number of hydrogen-bond acceptors (Lipinski definition) is 7. The minimum atomic E-state index is -0.394. The van der Waals surface area contributed by atoms with Crippen LogP contribution in [-0.4, -0.2) is 36.8 Å². The molecule has 0 bridgehead atoms. The molecule has 0 saturated carbocycles. The second kappa shape index (κ2) is 9.40. The molecule has 1 aromatic carbocycles. The highest BCUT2D eigenvalue weighted by Gasteiger charge is 2.20. The summed E-state index contributed by atoms with van der Waals surface area (Å²) in [5, 5.41) is 16.6. The molecule has 2 amide bonds. The Morgan fingerprint density at radius 2 is 1.93 bits per heavy atom. The molecule has 2 aromatic heterocycles. The maximum atomic E-state index is 12.4. The number of benzene rings is 1. The predicted molar refractivity (Wildman–Crippen MR) is 120 cm³/mol. The van der Waals surface area contributed by atoms with E-state index in [0.717, 1.165) is 16.9 Å². The number of hydrogen-bond donors (Lipinski definition) is 2. The molecule has 2 heterocycles. The lowest BCUT2D eigenvalue weighted by Crippen LogP contribution is -2.23. The van der Waals surface area contributed by atoms with Crippen molar-refractivity contribution < 1.29 is 9.59 Å². The van der Waals surface area contributed by atoms with Gasteiger partial charge in [-0.15, -0.1) is 21.5 Å². The van der Waals surface area contributed by atoms with Crippen LogP contribution in [0.3, 0.4) is 0 Å². The van der Waals surface area contributed by atoms with Gasteiger partial charge in [0.15, 0.2) is 10.3 Å². The van der Waals surface area contributed by atoms with E-state index in [1.165, 1.54) is 28.7 Å². The van der Waals surface area contributed by atoms with E-state index in [-0.39, 0.29) is 18.2 Å². The summed E-state index contributed by atoms with van der Waals surface area (Å²) >= 11 is 2.67. The molecule has 0 saturated heterocycles. The molecule has 0 radical (unpaired) electrons. The van der Waals surface area contributed by atoms with E-state index in [0.29, 0.717) is 16.1 Å². The van der Waals surface area contributed by atoms with Crippen molar-refractivity contribution in [2.24, 2.45) is 7.05 Å². The Balaban J connectivity index is 1.58. The number of carbonyl (C=O) groups excluding carboxylic acids is 2. The van der Waals surface area contributed by atoms with Crippen LogP contribution in [-0.2, 0) is 23.1 Å². The third-order valence-electron chi connectivity index (χ3n) is 4.53. The normalized spacial score (nSPS) is 11.9. The molecule has 3 aromatic rings. The number of rotatable bonds is 7. The average molecular weight is 445 g/mol. The fourth-order valence-electron chi connectivity index (χ4n) is 2.60. The van der Waals surface area contributed by atoms with Crippen molar-refractivity contribution in [3.8, 4) is 0 Å². The van der Waals surface area contributed by atoms with Crippen LogP contribution in [0, 0.1) is 20.8 Å². The van der Waals surface area contributed by atoms with Gasteiger partial charge in [-0.1, -0.05) is 17.8 Å². The second-order valence-corrected chi connectivity index (χ2v) is 9.19. The fourth-order valence-corrected chi connectivity index (χ4v) is 4.12. The van der Waals surface area contributed by atoms with Gasteiger partial charge in [0.05, 0.1) is 17.4 Å². The highest BCUT2D eigenvalue weighted by molar-refractivity contribution is 8.00. The Morgan fingerprint density at radius 3 is 2.60 bits per heavy atom. The van der Waals surface area contributed by atoms with Gasteiger partial charge in [-0.3, -0.25) is 9.59 Å². The van der Waals surface area contributed by atoms with Gasteiger partial charge in [-0.05, 0) is 51.0 Å². The monoisotopic (exact) mass is 444 g/mol. The van der Waals surface area contributed by atoms with Crippen molar-refractivity contribution in [2.45, 2.75) is 44.5 Å². The van der Waals surface area contributed by atoms with Crippen LogP contribution in [0.5, 0.6) is 0 Å². The zero-order chi connectivity index (χ0) is 21.8. The molecule has 0 spiro atoms. The van der Waals surface area contributed by atoms with Crippen molar-refractivity contribution in [1.29, 1.82) is 0 Å². The van der Waals surface area contributed by atoms with Crippen LogP contribution in [0.4, 0.5) is 10.8 Å². The van der Waals surface area contributed by atoms with E-state index < -0.39 is 5.25 Å². The van der Waals surface area contributed by atoms with Gasteiger partial charge in [0.25, 0.3) is 0 Å². The molecule has 0 aliphatic carbocycles. The number of aromatic nitrogens is 4. The van der Waals surface area contributed by atoms with E-state index in [1.807, 2.05) is 44.4 Å². The molecule has 10 heteroatoms. The standard InChI is InChI=1S/C20H24N6O2S2/c1-11-6-7-15(8-12(11)2)22-17(27)9-16-24-25-20(26(16)5)30-14(4)18(28)23-19-21-13(3)10-29-19/h6-8,10,14H,9H2,1-5H3,(H,22,27)(H,21,23,28)/t14-/m1/s1. The number of carbonyl (C=O) groups is 2. The number of aryl methyl sites for hydroxylation is 3. The zero-order valence-corrected chi connectivity index (χ0v) is 19.1. The van der Waals surface area contributed by atoms with E-state index in [1.54, 1.807) is 18.5 Å². The van der Waals surface area contributed by atoms with Gasteiger partial charge < -0.3 is 15.2 Å². The molecular weight excluding hydrogens is 420 g/mol. The Kier molecular flexibility index (Phi) is 6.88. The van der Waals surface area contributed by atoms with Gasteiger partial charge in [0, 0.05) is 18.1 Å². The summed E-state index contributed by atoms with van der Waals surface area (Å²) in [7, 11) is 1.79. The molecule has 30 heavy (non-hydrogen) atoms. The summed E-state index contributed by atoms with van der Waals surface area (Å²) in [6, 6.07) is 5.79. The number of anilines is 2. The average Bonchev–Trinajstić information content (AvgIpc) is 3.24. The first-order chi connectivity index (χ1) is 14.2. The maximum absolute atomic E-state index is 12.4. The van der Waals surface area contributed by atoms with Gasteiger partial charge in [-0.2, -0.15) is 0 Å². The zero-order valence-electron chi connectivity index (χ0n) is 17.5. The molecule has 1 atom stereocenters. The SMILES string of the molecule is Cc1csc(NC(=O)[C@@H](C)Sc2nnc(CC(=O)Nc3ccc(C)c(C)c3)n2C)n1. The molecule has 0 unspecified atom stereocenters. The van der Waals surface area contributed by atoms with E-state index >= 15 is 0 Å². The van der Waals surface area contributed by atoms with Gasteiger partial charge >= 0.3 is 0 Å². The number of thiazole rings is 1. The lowest BCUT2D eigenvalue weighted by atomic mass is 10.1. The topological polar surface area (TPSA) is 102 Å². The molecule has 0 aliphatic heterocycles. The summed E-state index contributed by atoms with van der Waals surface area (Å²) in [6.45, 7) is 7.70. The third kappa shape index (κ3) is 5.45. The largest absolute Gasteiger partial charge is 0.326 e. The molecule has 3 rings (SSSR count). The Hall–Kier alpha value is -2.72. The lowest BCUT2D eigenvalue weighted by Gasteiger charge is -2.10. The molecule has 158 valence electrons. The quantitative estimate of drug-likeness (QED) is 0.541. The number of thioether (sulfide) groups is 1. The van der Waals surface area contributed by atoms with Crippen molar-refractivity contribution in [3.05, 3.63) is 46.2 Å².